The molecule has 1 aliphatic carbocycles. The van der Waals surface area contributed by atoms with Crippen LogP contribution in [0.5, 0.6) is 0 Å². The molecule has 0 spiro atoms. The average Bonchev–Trinajstić information content (AvgIpc) is 3.35. The first-order valence-electron chi connectivity index (χ1n) is 9.59. The normalized spacial score (nSPS) is 13.4. The molecule has 2 heterocycles. The monoisotopic (exact) mass is 380 g/mol. The highest BCUT2D eigenvalue weighted by atomic mass is 32.1. The lowest BCUT2D eigenvalue weighted by molar-refractivity contribution is 0.0797. The predicted octanol–water partition coefficient (Wildman–Crippen LogP) is 4.99. The molecule has 3 aromatic rings. The zero-order valence-corrected chi connectivity index (χ0v) is 16.4. The molecule has 0 bridgehead atoms. The summed E-state index contributed by atoms with van der Waals surface area (Å²) in [7, 11) is 1.89. The van der Waals surface area contributed by atoms with Crippen LogP contribution >= 0.6 is 11.3 Å². The maximum Gasteiger partial charge on any atom is 0.263 e. The number of hydrogen-bond donors (Lipinski definition) is 0. The van der Waals surface area contributed by atoms with Crippen molar-refractivity contribution in [1.82, 2.24) is 10.1 Å². The van der Waals surface area contributed by atoms with Crippen molar-refractivity contribution in [2.75, 3.05) is 13.6 Å². The lowest BCUT2D eigenvalue weighted by atomic mass is 9.99. The molecule has 0 aliphatic heterocycles. The van der Waals surface area contributed by atoms with Crippen LogP contribution in [0.1, 0.15) is 45.1 Å². The van der Waals surface area contributed by atoms with Gasteiger partial charge in [0.05, 0.1) is 4.88 Å². The molecule has 27 heavy (non-hydrogen) atoms. The van der Waals surface area contributed by atoms with Crippen LogP contribution < -0.4 is 0 Å². The molecule has 1 aliphatic rings. The molecule has 0 atom stereocenters. The molecule has 0 saturated carbocycles. The van der Waals surface area contributed by atoms with Crippen LogP contribution in [0.3, 0.4) is 0 Å². The molecule has 0 radical (unpaired) electrons. The third-order valence-corrected chi connectivity index (χ3v) is 6.32. The van der Waals surface area contributed by atoms with Gasteiger partial charge in [0, 0.05) is 36.5 Å². The maximum absolute atomic E-state index is 12.7. The molecule has 0 N–H and O–H groups in total. The number of nitrogens with zero attached hydrogens (tertiary/aromatic N) is 2. The summed E-state index contributed by atoms with van der Waals surface area (Å²) in [6.07, 6.45) is 6.38. The summed E-state index contributed by atoms with van der Waals surface area (Å²) in [6, 6.07) is 14.1. The van der Waals surface area contributed by atoms with E-state index in [1.165, 1.54) is 23.3 Å². The summed E-state index contributed by atoms with van der Waals surface area (Å²) in [5.74, 6) is 0.998. The van der Waals surface area contributed by atoms with E-state index in [0.29, 0.717) is 6.54 Å². The number of aryl methyl sites for hydroxylation is 3. The summed E-state index contributed by atoms with van der Waals surface area (Å²) >= 11 is 1.68. The number of rotatable bonds is 6. The minimum atomic E-state index is 0.136. The predicted molar refractivity (Wildman–Crippen MR) is 108 cm³/mol. The summed E-state index contributed by atoms with van der Waals surface area (Å²) < 4.78 is 5.45. The van der Waals surface area contributed by atoms with E-state index in [0.717, 1.165) is 47.6 Å². The Balaban J connectivity index is 1.30. The lowest BCUT2D eigenvalue weighted by Crippen LogP contribution is -2.27. The Bertz CT molecular complexity index is 890. The van der Waals surface area contributed by atoms with E-state index in [1.807, 2.05) is 48.3 Å². The number of carbonyl (C=O) groups excluding carboxylic acids is 1. The molecule has 5 heteroatoms. The van der Waals surface area contributed by atoms with Gasteiger partial charge in [-0.1, -0.05) is 35.5 Å². The van der Waals surface area contributed by atoms with Gasteiger partial charge in [0.15, 0.2) is 0 Å². The van der Waals surface area contributed by atoms with Crippen molar-refractivity contribution in [3.63, 3.8) is 0 Å². The van der Waals surface area contributed by atoms with Gasteiger partial charge in [0.25, 0.3) is 5.91 Å². The Morgan fingerprint density at radius 3 is 2.81 bits per heavy atom. The Kier molecular flexibility index (Phi) is 5.39. The van der Waals surface area contributed by atoms with E-state index < -0.39 is 0 Å². The zero-order valence-electron chi connectivity index (χ0n) is 15.6. The molecule has 1 aromatic carbocycles. The van der Waals surface area contributed by atoms with Crippen molar-refractivity contribution >= 4 is 17.2 Å². The van der Waals surface area contributed by atoms with Crippen LogP contribution in [-0.4, -0.2) is 29.6 Å². The largest absolute Gasteiger partial charge is 0.361 e. The third-order valence-electron chi connectivity index (χ3n) is 5.10. The van der Waals surface area contributed by atoms with Gasteiger partial charge in [-0.3, -0.25) is 4.79 Å². The fourth-order valence-electron chi connectivity index (χ4n) is 3.55. The Labute approximate surface area is 163 Å². The van der Waals surface area contributed by atoms with Crippen molar-refractivity contribution in [2.45, 2.75) is 38.5 Å². The van der Waals surface area contributed by atoms with Gasteiger partial charge in [-0.15, -0.1) is 11.3 Å². The maximum atomic E-state index is 12.7. The Hall–Kier alpha value is -2.40. The van der Waals surface area contributed by atoms with E-state index in [2.05, 4.69) is 11.2 Å². The van der Waals surface area contributed by atoms with Crippen LogP contribution in [0.4, 0.5) is 0 Å². The molecule has 0 unspecified atom stereocenters. The van der Waals surface area contributed by atoms with Crippen LogP contribution in [0, 0.1) is 0 Å². The van der Waals surface area contributed by atoms with E-state index >= 15 is 0 Å². The molecule has 2 aromatic heterocycles. The van der Waals surface area contributed by atoms with Gasteiger partial charge in [-0.2, -0.15) is 0 Å². The zero-order chi connectivity index (χ0) is 18.6. The first-order valence-corrected chi connectivity index (χ1v) is 10.4. The SMILES string of the molecule is CN(CCCc1cc(-c2ccccc2)no1)C(=O)c1cc2c(s1)CCCC2. The summed E-state index contributed by atoms with van der Waals surface area (Å²) in [4.78, 5) is 16.8. The topological polar surface area (TPSA) is 46.3 Å². The lowest BCUT2D eigenvalue weighted by Gasteiger charge is -2.15. The Morgan fingerprint density at radius 2 is 2.00 bits per heavy atom. The molecule has 4 nitrogen and oxygen atoms in total. The molecule has 0 fully saturated rings. The number of fused-ring (bicyclic) bond motifs is 1. The fraction of sp³-hybridized carbons (Fsp3) is 0.364. The highest BCUT2D eigenvalue weighted by Gasteiger charge is 2.19. The van der Waals surface area contributed by atoms with Crippen LogP contribution in [0.15, 0.2) is 47.0 Å². The molecule has 1 amide bonds. The summed E-state index contributed by atoms with van der Waals surface area (Å²) in [5, 5.41) is 4.15. The number of benzene rings is 1. The van der Waals surface area contributed by atoms with Crippen LogP contribution in [0.2, 0.25) is 0 Å². The molecular weight excluding hydrogens is 356 g/mol. The van der Waals surface area contributed by atoms with Gasteiger partial charge >= 0.3 is 0 Å². The second-order valence-corrected chi connectivity index (χ2v) is 8.28. The molecular formula is C22H24N2O2S. The number of carbonyl (C=O) groups is 1. The van der Waals surface area contributed by atoms with Crippen molar-refractivity contribution in [2.24, 2.45) is 0 Å². The van der Waals surface area contributed by atoms with Crippen LogP contribution in [0.25, 0.3) is 11.3 Å². The van der Waals surface area contributed by atoms with E-state index in [4.69, 9.17) is 4.52 Å². The summed E-state index contributed by atoms with van der Waals surface area (Å²) in [5.41, 5.74) is 3.30. The van der Waals surface area contributed by atoms with Crippen molar-refractivity contribution in [3.8, 4) is 11.3 Å². The summed E-state index contributed by atoms with van der Waals surface area (Å²) in [6.45, 7) is 0.711. The molecule has 140 valence electrons. The number of thiophene rings is 1. The van der Waals surface area contributed by atoms with Crippen LogP contribution in [-0.2, 0) is 19.3 Å². The minimum Gasteiger partial charge on any atom is -0.361 e. The smallest absolute Gasteiger partial charge is 0.263 e. The average molecular weight is 381 g/mol. The van der Waals surface area contributed by atoms with Crippen molar-refractivity contribution in [3.05, 3.63) is 63.5 Å². The molecule has 0 saturated heterocycles. The number of amides is 1. The van der Waals surface area contributed by atoms with Crippen molar-refractivity contribution < 1.29 is 9.32 Å². The highest BCUT2D eigenvalue weighted by molar-refractivity contribution is 7.14. The first-order chi connectivity index (χ1) is 13.2. The van der Waals surface area contributed by atoms with Gasteiger partial charge in [-0.05, 0) is 43.7 Å². The highest BCUT2D eigenvalue weighted by Crippen LogP contribution is 2.30. The van der Waals surface area contributed by atoms with E-state index in [9.17, 15) is 4.79 Å². The minimum absolute atomic E-state index is 0.136. The number of aromatic nitrogens is 1. The second kappa shape index (κ2) is 8.09. The van der Waals surface area contributed by atoms with Gasteiger partial charge in [-0.25, -0.2) is 0 Å². The van der Waals surface area contributed by atoms with Gasteiger partial charge < -0.3 is 9.42 Å². The van der Waals surface area contributed by atoms with Gasteiger partial charge in [0.2, 0.25) is 0 Å². The quantitative estimate of drug-likeness (QED) is 0.605. The first kappa shape index (κ1) is 18.0. The van der Waals surface area contributed by atoms with Gasteiger partial charge in [0.1, 0.15) is 11.5 Å². The second-order valence-electron chi connectivity index (χ2n) is 7.14. The van der Waals surface area contributed by atoms with Crippen molar-refractivity contribution in [1.29, 1.82) is 0 Å². The third kappa shape index (κ3) is 4.14. The molecule has 4 rings (SSSR count). The van der Waals surface area contributed by atoms with E-state index in [-0.39, 0.29) is 5.91 Å². The fourth-order valence-corrected chi connectivity index (χ4v) is 4.80. The van der Waals surface area contributed by atoms with E-state index in [1.54, 1.807) is 11.3 Å². The Morgan fingerprint density at radius 1 is 1.19 bits per heavy atom. The number of hydrogen-bond acceptors (Lipinski definition) is 4. The standard InChI is InChI=1S/C22H24N2O2S/c1-24(22(25)21-14-17-10-5-6-12-20(17)27-21)13-7-11-18-15-19(23-26-18)16-8-3-2-4-9-16/h2-4,8-9,14-15H,5-7,10-13H2,1H3.